The van der Waals surface area contributed by atoms with Crippen molar-refractivity contribution >= 4 is 5.96 Å². The Morgan fingerprint density at radius 1 is 1.10 bits per heavy atom. The molecular formula is C15H25N3O3. The van der Waals surface area contributed by atoms with E-state index >= 15 is 0 Å². The zero-order valence-electron chi connectivity index (χ0n) is 13.0. The molecule has 21 heavy (non-hydrogen) atoms. The second kappa shape index (κ2) is 10.9. The molecule has 0 heterocycles. The minimum atomic E-state index is 0.549. The van der Waals surface area contributed by atoms with Gasteiger partial charge in [-0.15, -0.1) is 0 Å². The molecule has 0 saturated heterocycles. The molecule has 0 aliphatic heterocycles. The van der Waals surface area contributed by atoms with Crippen LogP contribution in [-0.4, -0.2) is 53.6 Å². The fourth-order valence-electron chi connectivity index (χ4n) is 1.67. The van der Waals surface area contributed by atoms with E-state index in [1.807, 2.05) is 24.3 Å². The van der Waals surface area contributed by atoms with Gasteiger partial charge in [0.2, 0.25) is 0 Å². The molecule has 0 amide bonds. The Labute approximate surface area is 126 Å². The smallest absolute Gasteiger partial charge is 0.191 e. The topological polar surface area (TPSA) is 64.1 Å². The van der Waals surface area contributed by atoms with Gasteiger partial charge in [0.15, 0.2) is 5.96 Å². The lowest BCUT2D eigenvalue weighted by atomic mass is 10.2. The first kappa shape index (κ1) is 17.3. The first-order valence-electron chi connectivity index (χ1n) is 6.94. The number of hydrogen-bond acceptors (Lipinski definition) is 4. The molecule has 6 nitrogen and oxygen atoms in total. The van der Waals surface area contributed by atoms with Crippen LogP contribution in [0.1, 0.15) is 5.56 Å². The summed E-state index contributed by atoms with van der Waals surface area (Å²) >= 11 is 0. The number of rotatable bonds is 9. The van der Waals surface area contributed by atoms with Crippen molar-refractivity contribution in [1.82, 2.24) is 10.6 Å². The molecule has 1 aromatic carbocycles. The number of guanidine groups is 1. The molecule has 0 unspecified atom stereocenters. The Bertz CT molecular complexity index is 424. The zero-order chi connectivity index (χ0) is 15.3. The third-order valence-corrected chi connectivity index (χ3v) is 2.74. The second-order valence-corrected chi connectivity index (χ2v) is 4.33. The van der Waals surface area contributed by atoms with Gasteiger partial charge in [-0.25, -0.2) is 0 Å². The maximum Gasteiger partial charge on any atom is 0.191 e. The average Bonchev–Trinajstić information content (AvgIpc) is 2.51. The minimum absolute atomic E-state index is 0.549. The van der Waals surface area contributed by atoms with Crippen LogP contribution < -0.4 is 15.4 Å². The summed E-state index contributed by atoms with van der Waals surface area (Å²) in [5.74, 6) is 1.59. The summed E-state index contributed by atoms with van der Waals surface area (Å²) in [6.45, 7) is 3.17. The van der Waals surface area contributed by atoms with Crippen LogP contribution in [-0.2, 0) is 16.0 Å². The fourth-order valence-corrected chi connectivity index (χ4v) is 1.67. The van der Waals surface area contributed by atoms with Crippen LogP contribution in [0.3, 0.4) is 0 Å². The third-order valence-electron chi connectivity index (χ3n) is 2.74. The Morgan fingerprint density at radius 2 is 1.90 bits per heavy atom. The van der Waals surface area contributed by atoms with Crippen LogP contribution in [0.25, 0.3) is 0 Å². The Morgan fingerprint density at radius 3 is 2.62 bits per heavy atom. The predicted molar refractivity (Wildman–Crippen MR) is 83.9 cm³/mol. The summed E-state index contributed by atoms with van der Waals surface area (Å²) in [6.07, 6.45) is 0. The molecule has 0 bridgehead atoms. The van der Waals surface area contributed by atoms with Crippen molar-refractivity contribution in [2.45, 2.75) is 6.54 Å². The Hall–Kier alpha value is -1.79. The van der Waals surface area contributed by atoms with Crippen molar-refractivity contribution in [3.05, 3.63) is 29.8 Å². The van der Waals surface area contributed by atoms with Crippen LogP contribution in [0.15, 0.2) is 29.3 Å². The predicted octanol–water partition coefficient (Wildman–Crippen LogP) is 1.02. The van der Waals surface area contributed by atoms with Gasteiger partial charge in [-0.2, -0.15) is 0 Å². The average molecular weight is 295 g/mol. The van der Waals surface area contributed by atoms with E-state index in [1.165, 1.54) is 0 Å². The Kier molecular flexibility index (Phi) is 8.99. The lowest BCUT2D eigenvalue weighted by Gasteiger charge is -2.12. The van der Waals surface area contributed by atoms with E-state index in [1.54, 1.807) is 21.3 Å². The normalized spacial score (nSPS) is 11.3. The SMILES string of the molecule is CN=C(NCCOC)NCc1cccc(OCCOC)c1. The number of benzene rings is 1. The maximum atomic E-state index is 5.58. The lowest BCUT2D eigenvalue weighted by Crippen LogP contribution is -2.38. The summed E-state index contributed by atoms with van der Waals surface area (Å²) in [6, 6.07) is 7.95. The number of nitrogens with one attached hydrogen (secondary N) is 2. The van der Waals surface area contributed by atoms with Gasteiger partial charge < -0.3 is 24.8 Å². The standard InChI is InChI=1S/C15H25N3O3/c1-16-15(17-7-8-19-2)18-12-13-5-4-6-14(11-13)21-10-9-20-3/h4-6,11H,7-10,12H2,1-3H3,(H2,16,17,18). The number of nitrogens with zero attached hydrogens (tertiary/aromatic N) is 1. The van der Waals surface area contributed by atoms with Gasteiger partial charge in [-0.3, -0.25) is 4.99 Å². The van der Waals surface area contributed by atoms with Crippen LogP contribution in [0.4, 0.5) is 0 Å². The molecule has 1 aromatic rings. The largest absolute Gasteiger partial charge is 0.491 e. The number of hydrogen-bond donors (Lipinski definition) is 2. The highest BCUT2D eigenvalue weighted by molar-refractivity contribution is 5.79. The van der Waals surface area contributed by atoms with E-state index in [0.717, 1.165) is 23.8 Å². The van der Waals surface area contributed by atoms with Gasteiger partial charge in [-0.05, 0) is 17.7 Å². The first-order chi connectivity index (χ1) is 10.3. The number of methoxy groups -OCH3 is 2. The summed E-state index contributed by atoms with van der Waals surface area (Å²) in [5, 5.41) is 6.41. The molecular weight excluding hydrogens is 270 g/mol. The molecule has 0 spiro atoms. The molecule has 6 heteroatoms. The lowest BCUT2D eigenvalue weighted by molar-refractivity contribution is 0.146. The Balaban J connectivity index is 2.41. The second-order valence-electron chi connectivity index (χ2n) is 4.33. The summed E-state index contributed by atoms with van der Waals surface area (Å²) in [5.41, 5.74) is 1.12. The van der Waals surface area contributed by atoms with Crippen LogP contribution in [0.5, 0.6) is 5.75 Å². The molecule has 0 aliphatic carbocycles. The van der Waals surface area contributed by atoms with E-state index in [2.05, 4.69) is 15.6 Å². The van der Waals surface area contributed by atoms with Gasteiger partial charge in [0.05, 0.1) is 13.2 Å². The van der Waals surface area contributed by atoms with E-state index in [4.69, 9.17) is 14.2 Å². The van der Waals surface area contributed by atoms with E-state index in [0.29, 0.717) is 26.4 Å². The molecule has 0 aromatic heterocycles. The van der Waals surface area contributed by atoms with Crippen molar-refractivity contribution in [2.24, 2.45) is 4.99 Å². The molecule has 2 N–H and O–H groups in total. The van der Waals surface area contributed by atoms with Gasteiger partial charge in [0.1, 0.15) is 12.4 Å². The molecule has 118 valence electrons. The molecule has 0 saturated carbocycles. The van der Waals surface area contributed by atoms with Gasteiger partial charge in [0, 0.05) is 34.4 Å². The van der Waals surface area contributed by atoms with Gasteiger partial charge in [0.25, 0.3) is 0 Å². The fraction of sp³-hybridized carbons (Fsp3) is 0.533. The van der Waals surface area contributed by atoms with Crippen LogP contribution in [0.2, 0.25) is 0 Å². The van der Waals surface area contributed by atoms with Crippen LogP contribution >= 0.6 is 0 Å². The molecule has 0 radical (unpaired) electrons. The summed E-state index contributed by atoms with van der Waals surface area (Å²) in [4.78, 5) is 4.15. The molecule has 1 rings (SSSR count). The van der Waals surface area contributed by atoms with E-state index in [-0.39, 0.29) is 0 Å². The van der Waals surface area contributed by atoms with Crippen molar-refractivity contribution in [3.63, 3.8) is 0 Å². The van der Waals surface area contributed by atoms with Crippen molar-refractivity contribution in [1.29, 1.82) is 0 Å². The van der Waals surface area contributed by atoms with Gasteiger partial charge in [-0.1, -0.05) is 12.1 Å². The molecule has 0 fully saturated rings. The highest BCUT2D eigenvalue weighted by atomic mass is 16.5. The minimum Gasteiger partial charge on any atom is -0.491 e. The quantitative estimate of drug-likeness (QED) is 0.405. The highest BCUT2D eigenvalue weighted by Gasteiger charge is 2.00. The third kappa shape index (κ3) is 7.53. The summed E-state index contributed by atoms with van der Waals surface area (Å²) < 4.78 is 15.5. The van der Waals surface area contributed by atoms with E-state index in [9.17, 15) is 0 Å². The maximum absolute atomic E-state index is 5.58. The number of aliphatic imine (C=N–C) groups is 1. The summed E-state index contributed by atoms with van der Waals surface area (Å²) in [7, 11) is 5.07. The molecule has 0 aliphatic rings. The van der Waals surface area contributed by atoms with Crippen molar-refractivity contribution in [3.8, 4) is 5.75 Å². The van der Waals surface area contributed by atoms with Crippen LogP contribution in [0, 0.1) is 0 Å². The van der Waals surface area contributed by atoms with Crippen molar-refractivity contribution < 1.29 is 14.2 Å². The van der Waals surface area contributed by atoms with E-state index < -0.39 is 0 Å². The zero-order valence-corrected chi connectivity index (χ0v) is 13.0. The number of ether oxygens (including phenoxy) is 3. The monoisotopic (exact) mass is 295 g/mol. The van der Waals surface area contributed by atoms with Crippen molar-refractivity contribution in [2.75, 3.05) is 47.6 Å². The first-order valence-corrected chi connectivity index (χ1v) is 6.94. The molecule has 0 atom stereocenters. The van der Waals surface area contributed by atoms with Gasteiger partial charge >= 0.3 is 0 Å². The highest BCUT2D eigenvalue weighted by Crippen LogP contribution is 2.13.